The number of rotatable bonds is 5. The molecular formula is C17H21ClN3O3S+. The van der Waals surface area contributed by atoms with Gasteiger partial charge in [-0.15, -0.1) is 0 Å². The van der Waals surface area contributed by atoms with E-state index in [9.17, 15) is 8.42 Å². The van der Waals surface area contributed by atoms with E-state index in [2.05, 4.69) is 5.16 Å². The van der Waals surface area contributed by atoms with Gasteiger partial charge in [0.25, 0.3) is 0 Å². The number of sulfonamides is 1. The summed E-state index contributed by atoms with van der Waals surface area (Å²) in [6.45, 7) is 5.12. The highest BCUT2D eigenvalue weighted by molar-refractivity contribution is 7.92. The van der Waals surface area contributed by atoms with Gasteiger partial charge in [-0.1, -0.05) is 28.9 Å². The second-order valence-electron chi connectivity index (χ2n) is 6.15. The summed E-state index contributed by atoms with van der Waals surface area (Å²) >= 11 is 5.83. The van der Waals surface area contributed by atoms with Crippen LogP contribution in [0.3, 0.4) is 0 Å². The van der Waals surface area contributed by atoms with Gasteiger partial charge in [0.2, 0.25) is 10.0 Å². The summed E-state index contributed by atoms with van der Waals surface area (Å²) in [4.78, 5) is 1.31. The molecule has 1 aromatic heterocycles. The van der Waals surface area contributed by atoms with E-state index in [1.807, 2.05) is 13.0 Å². The van der Waals surface area contributed by atoms with Crippen molar-refractivity contribution < 1.29 is 17.8 Å². The first-order chi connectivity index (χ1) is 11.9. The molecule has 1 saturated heterocycles. The minimum absolute atomic E-state index is 0.499. The summed E-state index contributed by atoms with van der Waals surface area (Å²) in [7, 11) is -3.41. The van der Waals surface area contributed by atoms with Crippen molar-refractivity contribution in [3.63, 3.8) is 0 Å². The van der Waals surface area contributed by atoms with Crippen LogP contribution in [0.15, 0.2) is 40.3 Å². The highest BCUT2D eigenvalue weighted by atomic mass is 35.5. The zero-order valence-corrected chi connectivity index (χ0v) is 15.6. The predicted molar refractivity (Wildman–Crippen MR) is 96.6 cm³/mol. The van der Waals surface area contributed by atoms with Crippen LogP contribution in [0.5, 0.6) is 0 Å². The Balaban J connectivity index is 1.56. The summed E-state index contributed by atoms with van der Waals surface area (Å²) in [6, 6.07) is 8.97. The van der Waals surface area contributed by atoms with Crippen molar-refractivity contribution in [2.75, 3.05) is 26.2 Å². The molecule has 1 N–H and O–H groups in total. The number of hydrogen-bond donors (Lipinski definition) is 1. The molecule has 0 spiro atoms. The second kappa shape index (κ2) is 7.70. The van der Waals surface area contributed by atoms with E-state index in [1.54, 1.807) is 30.3 Å². The lowest BCUT2D eigenvalue weighted by molar-refractivity contribution is -0.917. The molecule has 1 aliphatic rings. The molecule has 0 atom stereocenters. The molecule has 1 aromatic carbocycles. The molecule has 0 aliphatic carbocycles. The van der Waals surface area contributed by atoms with E-state index in [4.69, 9.17) is 16.1 Å². The van der Waals surface area contributed by atoms with E-state index in [-0.39, 0.29) is 0 Å². The Kier molecular flexibility index (Phi) is 5.58. The first kappa shape index (κ1) is 18.1. The number of nitrogens with one attached hydrogen (secondary N) is 1. The molecule has 1 aliphatic heterocycles. The Morgan fingerprint density at radius 1 is 1.28 bits per heavy atom. The number of aromatic nitrogens is 1. The van der Waals surface area contributed by atoms with E-state index < -0.39 is 10.0 Å². The molecule has 2 aromatic rings. The number of quaternary nitrogens is 1. The summed E-state index contributed by atoms with van der Waals surface area (Å²) in [5.41, 5.74) is 1.71. The number of hydrogen-bond acceptors (Lipinski definition) is 4. The Labute approximate surface area is 152 Å². The SMILES string of the molecule is Cc1cc(C[NH+]2CCN(S(=O)(=O)/C=C/c3ccc(Cl)cc3)CC2)no1. The third kappa shape index (κ3) is 4.92. The molecule has 25 heavy (non-hydrogen) atoms. The Morgan fingerprint density at radius 2 is 1.96 bits per heavy atom. The van der Waals surface area contributed by atoms with Gasteiger partial charge < -0.3 is 9.42 Å². The van der Waals surface area contributed by atoms with Crippen LogP contribution in [0.2, 0.25) is 5.02 Å². The molecule has 134 valence electrons. The molecule has 0 unspecified atom stereocenters. The standard InChI is InChI=1S/C17H20ClN3O3S/c1-14-12-17(19-24-14)13-20-7-9-21(10-8-20)25(22,23)11-6-15-2-4-16(18)5-3-15/h2-6,11-12H,7-10,13H2,1H3/p+1/b11-6+. The van der Waals surface area contributed by atoms with Crippen molar-refractivity contribution in [3.05, 3.63) is 57.8 Å². The lowest BCUT2D eigenvalue weighted by Gasteiger charge is -2.30. The first-order valence-electron chi connectivity index (χ1n) is 8.12. The number of aryl methyl sites for hydroxylation is 1. The fraction of sp³-hybridized carbons (Fsp3) is 0.353. The van der Waals surface area contributed by atoms with Gasteiger partial charge in [-0.25, -0.2) is 8.42 Å². The summed E-state index contributed by atoms with van der Waals surface area (Å²) in [5, 5.41) is 5.89. The van der Waals surface area contributed by atoms with Crippen LogP contribution in [0, 0.1) is 6.92 Å². The third-order valence-electron chi connectivity index (χ3n) is 4.20. The maximum absolute atomic E-state index is 12.5. The van der Waals surface area contributed by atoms with Crippen molar-refractivity contribution in [2.45, 2.75) is 13.5 Å². The van der Waals surface area contributed by atoms with Crippen molar-refractivity contribution in [1.82, 2.24) is 9.46 Å². The van der Waals surface area contributed by atoms with Gasteiger partial charge in [-0.05, 0) is 30.7 Å². The quantitative estimate of drug-likeness (QED) is 0.847. The van der Waals surface area contributed by atoms with E-state index in [0.29, 0.717) is 18.1 Å². The lowest BCUT2D eigenvalue weighted by Crippen LogP contribution is -3.13. The van der Waals surface area contributed by atoms with Gasteiger partial charge in [-0.2, -0.15) is 4.31 Å². The molecule has 0 bridgehead atoms. The fourth-order valence-corrected chi connectivity index (χ4v) is 4.13. The van der Waals surface area contributed by atoms with E-state index in [1.165, 1.54) is 14.6 Å². The molecule has 3 rings (SSSR count). The van der Waals surface area contributed by atoms with Crippen LogP contribution in [0.25, 0.3) is 6.08 Å². The minimum atomic E-state index is -3.41. The summed E-state index contributed by atoms with van der Waals surface area (Å²) < 4.78 is 31.5. The molecular weight excluding hydrogens is 362 g/mol. The van der Waals surface area contributed by atoms with Crippen LogP contribution in [0.4, 0.5) is 0 Å². The molecule has 6 nitrogen and oxygen atoms in total. The third-order valence-corrected chi connectivity index (χ3v) is 6.02. The van der Waals surface area contributed by atoms with Crippen molar-refractivity contribution >= 4 is 27.7 Å². The molecule has 0 saturated carbocycles. The normalized spacial score (nSPS) is 17.4. The molecule has 0 radical (unpaired) electrons. The van der Waals surface area contributed by atoms with E-state index >= 15 is 0 Å². The van der Waals surface area contributed by atoms with Gasteiger partial charge in [0.1, 0.15) is 18.0 Å². The highest BCUT2D eigenvalue weighted by Crippen LogP contribution is 2.12. The van der Waals surface area contributed by atoms with Gasteiger partial charge in [-0.3, -0.25) is 0 Å². The van der Waals surface area contributed by atoms with E-state index in [0.717, 1.165) is 36.7 Å². The number of halogens is 1. The highest BCUT2D eigenvalue weighted by Gasteiger charge is 2.27. The molecule has 2 heterocycles. The van der Waals surface area contributed by atoms with Gasteiger partial charge in [0.05, 0.1) is 26.2 Å². The summed E-state index contributed by atoms with van der Waals surface area (Å²) in [5.74, 6) is 0.794. The van der Waals surface area contributed by atoms with Gasteiger partial charge >= 0.3 is 0 Å². The minimum Gasteiger partial charge on any atom is -0.361 e. The van der Waals surface area contributed by atoms with Crippen molar-refractivity contribution in [2.24, 2.45) is 0 Å². The molecule has 8 heteroatoms. The van der Waals surface area contributed by atoms with Crippen molar-refractivity contribution in [3.8, 4) is 0 Å². The Morgan fingerprint density at radius 3 is 2.56 bits per heavy atom. The first-order valence-corrected chi connectivity index (χ1v) is 10.00. The molecule has 0 amide bonds. The Bertz CT molecular complexity index is 838. The van der Waals surface area contributed by atoms with Crippen LogP contribution in [-0.4, -0.2) is 44.1 Å². The monoisotopic (exact) mass is 382 g/mol. The summed E-state index contributed by atoms with van der Waals surface area (Å²) in [6.07, 6.45) is 1.60. The Hall–Kier alpha value is -1.67. The van der Waals surface area contributed by atoms with Crippen molar-refractivity contribution in [1.29, 1.82) is 0 Å². The number of benzene rings is 1. The maximum Gasteiger partial charge on any atom is 0.236 e. The van der Waals surface area contributed by atoms with Crippen LogP contribution < -0.4 is 4.90 Å². The number of nitrogens with zero attached hydrogens (tertiary/aromatic N) is 2. The smallest absolute Gasteiger partial charge is 0.236 e. The van der Waals surface area contributed by atoms with Gasteiger partial charge in [0.15, 0.2) is 0 Å². The zero-order valence-electron chi connectivity index (χ0n) is 14.0. The fourth-order valence-electron chi connectivity index (χ4n) is 2.82. The average Bonchev–Trinajstić information content (AvgIpc) is 3.00. The lowest BCUT2D eigenvalue weighted by atomic mass is 10.2. The van der Waals surface area contributed by atoms with Crippen LogP contribution in [0.1, 0.15) is 17.0 Å². The zero-order chi connectivity index (χ0) is 17.9. The van der Waals surface area contributed by atoms with Gasteiger partial charge in [0, 0.05) is 16.5 Å². The number of piperazine rings is 1. The topological polar surface area (TPSA) is 67.8 Å². The largest absolute Gasteiger partial charge is 0.361 e. The maximum atomic E-state index is 12.5. The predicted octanol–water partition coefficient (Wildman–Crippen LogP) is 1.34. The van der Waals surface area contributed by atoms with Crippen LogP contribution in [-0.2, 0) is 16.6 Å². The average molecular weight is 383 g/mol. The van der Waals surface area contributed by atoms with Crippen LogP contribution >= 0.6 is 11.6 Å². The second-order valence-corrected chi connectivity index (χ2v) is 8.41. The molecule has 1 fully saturated rings.